The van der Waals surface area contributed by atoms with E-state index in [1.807, 2.05) is 36.4 Å². The molecule has 0 radical (unpaired) electrons. The molecule has 30 heavy (non-hydrogen) atoms. The molecule has 1 aromatic heterocycles. The fraction of sp³-hybridized carbons (Fsp3) is 0.391. The summed E-state index contributed by atoms with van der Waals surface area (Å²) in [5, 5.41) is 13.3. The van der Waals surface area contributed by atoms with Crippen LogP contribution >= 0.6 is 11.6 Å². The number of fused-ring (bicyclic) bond motifs is 3. The molecule has 1 fully saturated rings. The van der Waals surface area contributed by atoms with Crippen molar-refractivity contribution >= 4 is 11.6 Å². The summed E-state index contributed by atoms with van der Waals surface area (Å²) in [5.41, 5.74) is 2.31. The first kappa shape index (κ1) is 19.4. The number of hydrogen-bond donors (Lipinski definition) is 1. The molecule has 0 saturated heterocycles. The highest BCUT2D eigenvalue weighted by molar-refractivity contribution is 6.30. The number of nitrogens with zero attached hydrogens (tertiary/aromatic N) is 3. The number of ether oxygens (including phenoxy) is 2. The Hall–Kier alpha value is -2.57. The number of aromatic nitrogens is 3. The van der Waals surface area contributed by atoms with Crippen LogP contribution < -0.4 is 14.8 Å². The van der Waals surface area contributed by atoms with Crippen molar-refractivity contribution in [1.29, 1.82) is 0 Å². The predicted molar refractivity (Wildman–Crippen MR) is 116 cm³/mol. The molecular formula is C23H25ClN4O2. The summed E-state index contributed by atoms with van der Waals surface area (Å²) < 4.78 is 13.8. The van der Waals surface area contributed by atoms with Crippen molar-refractivity contribution in [2.45, 2.75) is 50.8 Å². The molecule has 1 saturated carbocycles. The molecule has 1 N–H and O–H groups in total. The number of halogens is 1. The molecule has 6 nitrogen and oxygen atoms in total. The van der Waals surface area contributed by atoms with E-state index in [0.29, 0.717) is 12.5 Å². The molecule has 0 atom stereocenters. The van der Waals surface area contributed by atoms with Crippen molar-refractivity contribution in [2.75, 3.05) is 7.11 Å². The number of benzene rings is 2. The molecule has 156 valence electrons. The van der Waals surface area contributed by atoms with Gasteiger partial charge in [0.25, 0.3) is 0 Å². The highest BCUT2D eigenvalue weighted by Gasteiger charge is 2.30. The summed E-state index contributed by atoms with van der Waals surface area (Å²) in [6.07, 6.45) is 4.27. The summed E-state index contributed by atoms with van der Waals surface area (Å²) in [5.74, 6) is 4.07. The number of rotatable bonds is 4. The SMILES string of the molecule is COc1cccc(OC2CCC(c3nnc4n3-c3ccc(Cl)cc3CNC4)CC2)c1. The van der Waals surface area contributed by atoms with E-state index >= 15 is 0 Å². The van der Waals surface area contributed by atoms with Crippen LogP contribution in [0.3, 0.4) is 0 Å². The molecule has 1 aliphatic heterocycles. The summed E-state index contributed by atoms with van der Waals surface area (Å²) >= 11 is 6.23. The summed E-state index contributed by atoms with van der Waals surface area (Å²) in [7, 11) is 1.67. The lowest BCUT2D eigenvalue weighted by atomic mass is 9.86. The maximum absolute atomic E-state index is 6.23. The highest BCUT2D eigenvalue weighted by Crippen LogP contribution is 2.36. The monoisotopic (exact) mass is 424 g/mol. The maximum Gasteiger partial charge on any atom is 0.151 e. The van der Waals surface area contributed by atoms with Gasteiger partial charge in [0.05, 0.1) is 25.4 Å². The minimum atomic E-state index is 0.215. The van der Waals surface area contributed by atoms with Gasteiger partial charge in [-0.1, -0.05) is 17.7 Å². The van der Waals surface area contributed by atoms with Crippen LogP contribution in [0.2, 0.25) is 5.02 Å². The van der Waals surface area contributed by atoms with E-state index in [1.54, 1.807) is 7.11 Å². The second-order valence-electron chi connectivity index (χ2n) is 7.96. The maximum atomic E-state index is 6.23. The van der Waals surface area contributed by atoms with Gasteiger partial charge in [0.2, 0.25) is 0 Å². The molecule has 5 rings (SSSR count). The van der Waals surface area contributed by atoms with Crippen molar-refractivity contribution in [1.82, 2.24) is 20.1 Å². The molecule has 0 spiro atoms. The molecule has 7 heteroatoms. The van der Waals surface area contributed by atoms with Gasteiger partial charge in [-0.2, -0.15) is 0 Å². The van der Waals surface area contributed by atoms with Crippen molar-refractivity contribution in [3.05, 3.63) is 64.7 Å². The molecule has 1 aliphatic carbocycles. The summed E-state index contributed by atoms with van der Waals surface area (Å²) in [4.78, 5) is 0. The molecule has 0 amide bonds. The van der Waals surface area contributed by atoms with Gasteiger partial charge >= 0.3 is 0 Å². The Morgan fingerprint density at radius 3 is 2.67 bits per heavy atom. The lowest BCUT2D eigenvalue weighted by molar-refractivity contribution is 0.144. The Labute approximate surface area is 181 Å². The third kappa shape index (κ3) is 3.77. The van der Waals surface area contributed by atoms with Gasteiger partial charge in [-0.05, 0) is 61.6 Å². The largest absolute Gasteiger partial charge is 0.497 e. The van der Waals surface area contributed by atoms with Crippen LogP contribution in [0, 0.1) is 0 Å². The minimum Gasteiger partial charge on any atom is -0.497 e. The van der Waals surface area contributed by atoms with Crippen LogP contribution in [0.15, 0.2) is 42.5 Å². The molecule has 0 unspecified atom stereocenters. The molecule has 2 aliphatic rings. The Balaban J connectivity index is 1.33. The van der Waals surface area contributed by atoms with E-state index in [-0.39, 0.29) is 6.10 Å². The van der Waals surface area contributed by atoms with Gasteiger partial charge in [0, 0.05) is 23.6 Å². The lowest BCUT2D eigenvalue weighted by Gasteiger charge is -2.29. The third-order valence-electron chi connectivity index (χ3n) is 6.02. The fourth-order valence-corrected chi connectivity index (χ4v) is 4.70. The van der Waals surface area contributed by atoms with E-state index in [4.69, 9.17) is 21.1 Å². The second-order valence-corrected chi connectivity index (χ2v) is 8.39. The molecule has 0 bridgehead atoms. The van der Waals surface area contributed by atoms with Crippen molar-refractivity contribution < 1.29 is 9.47 Å². The average molecular weight is 425 g/mol. The smallest absolute Gasteiger partial charge is 0.151 e. The fourth-order valence-electron chi connectivity index (χ4n) is 4.50. The van der Waals surface area contributed by atoms with E-state index in [9.17, 15) is 0 Å². The highest BCUT2D eigenvalue weighted by atomic mass is 35.5. The Kier molecular flexibility index (Phi) is 5.35. The molecular weight excluding hydrogens is 400 g/mol. The van der Waals surface area contributed by atoms with Crippen LogP contribution in [-0.2, 0) is 13.1 Å². The van der Waals surface area contributed by atoms with E-state index in [1.165, 1.54) is 5.56 Å². The van der Waals surface area contributed by atoms with Gasteiger partial charge in [0.15, 0.2) is 5.82 Å². The normalized spacial score (nSPS) is 20.7. The van der Waals surface area contributed by atoms with E-state index in [0.717, 1.165) is 66.1 Å². The Bertz CT molecular complexity index is 1040. The number of methoxy groups -OCH3 is 1. The van der Waals surface area contributed by atoms with Crippen molar-refractivity contribution in [3.8, 4) is 17.2 Å². The van der Waals surface area contributed by atoms with Crippen LogP contribution in [-0.4, -0.2) is 28.0 Å². The van der Waals surface area contributed by atoms with Crippen molar-refractivity contribution in [3.63, 3.8) is 0 Å². The zero-order chi connectivity index (χ0) is 20.5. The first-order valence-electron chi connectivity index (χ1n) is 10.5. The molecule has 2 heterocycles. The lowest BCUT2D eigenvalue weighted by Crippen LogP contribution is -2.25. The summed E-state index contributed by atoms with van der Waals surface area (Å²) in [6, 6.07) is 13.9. The Morgan fingerprint density at radius 2 is 1.83 bits per heavy atom. The van der Waals surface area contributed by atoms with Gasteiger partial charge in [-0.3, -0.25) is 4.57 Å². The van der Waals surface area contributed by atoms with Gasteiger partial charge < -0.3 is 14.8 Å². The molecule has 2 aromatic carbocycles. The predicted octanol–water partition coefficient (Wildman–Crippen LogP) is 4.64. The van der Waals surface area contributed by atoms with Crippen LogP contribution in [0.5, 0.6) is 11.5 Å². The first-order chi connectivity index (χ1) is 14.7. The Morgan fingerprint density at radius 1 is 1.00 bits per heavy atom. The zero-order valence-electron chi connectivity index (χ0n) is 17.0. The topological polar surface area (TPSA) is 61.2 Å². The van der Waals surface area contributed by atoms with E-state index < -0.39 is 0 Å². The van der Waals surface area contributed by atoms with Crippen LogP contribution in [0.1, 0.15) is 48.8 Å². The van der Waals surface area contributed by atoms with Crippen molar-refractivity contribution in [2.24, 2.45) is 0 Å². The zero-order valence-corrected chi connectivity index (χ0v) is 17.7. The van der Waals surface area contributed by atoms with Crippen LogP contribution in [0.4, 0.5) is 0 Å². The second kappa shape index (κ2) is 8.28. The minimum absolute atomic E-state index is 0.215. The van der Waals surface area contributed by atoms with Gasteiger partial charge in [-0.25, -0.2) is 0 Å². The number of hydrogen-bond acceptors (Lipinski definition) is 5. The number of nitrogens with one attached hydrogen (secondary N) is 1. The quantitative estimate of drug-likeness (QED) is 0.661. The summed E-state index contributed by atoms with van der Waals surface area (Å²) in [6.45, 7) is 1.48. The first-order valence-corrected chi connectivity index (χ1v) is 10.8. The molecule has 3 aromatic rings. The van der Waals surface area contributed by atoms with Crippen LogP contribution in [0.25, 0.3) is 5.69 Å². The van der Waals surface area contributed by atoms with E-state index in [2.05, 4.69) is 26.1 Å². The standard InChI is InChI=1S/C23H25ClN4O2/c1-29-19-3-2-4-20(12-19)30-18-8-5-15(6-9-18)23-27-26-22-14-25-13-16-11-17(24)7-10-21(16)28(22)23/h2-4,7,10-12,15,18,25H,5-6,8-9,13-14H2,1H3. The van der Waals surface area contributed by atoms with Gasteiger partial charge in [0.1, 0.15) is 17.3 Å². The average Bonchev–Trinajstić information content (AvgIpc) is 3.10. The van der Waals surface area contributed by atoms with Gasteiger partial charge in [-0.15, -0.1) is 10.2 Å². The third-order valence-corrected chi connectivity index (χ3v) is 6.25.